The molecule has 0 fully saturated rings. The number of aromatic amines is 1. The number of carbonyl (C=O) groups is 1. The third kappa shape index (κ3) is 2.15. The fraction of sp³-hybridized carbons (Fsp3) is 0. The topological polar surface area (TPSA) is 70.9 Å². The van der Waals surface area contributed by atoms with Crippen LogP contribution in [0.1, 0.15) is 10.4 Å². The molecule has 1 heterocycles. The third-order valence-corrected chi connectivity index (χ3v) is 2.99. The minimum atomic E-state index is -0.169. The van der Waals surface area contributed by atoms with Gasteiger partial charge in [-0.25, -0.2) is 0 Å². The van der Waals surface area contributed by atoms with E-state index in [0.717, 1.165) is 16.6 Å². The number of hydrogen-bond acceptors (Lipinski definition) is 2. The summed E-state index contributed by atoms with van der Waals surface area (Å²) in [5.74, 6) is -0.169. The predicted octanol–water partition coefficient (Wildman–Crippen LogP) is 3.00. The summed E-state index contributed by atoms with van der Waals surface area (Å²) in [7, 11) is 0. The molecule has 0 aliphatic carbocycles. The van der Waals surface area contributed by atoms with Crippen LogP contribution in [0.15, 0.2) is 54.7 Å². The van der Waals surface area contributed by atoms with E-state index in [1.807, 2.05) is 24.3 Å². The molecule has 0 aliphatic heterocycles. The molecule has 0 unspecified atom stereocenters. The van der Waals surface area contributed by atoms with Crippen LogP contribution in [-0.4, -0.2) is 10.9 Å². The van der Waals surface area contributed by atoms with Crippen LogP contribution in [0.5, 0.6) is 0 Å². The summed E-state index contributed by atoms with van der Waals surface area (Å²) in [6, 6.07) is 14.7. The Labute approximate surface area is 110 Å². The molecular weight excluding hydrogens is 238 g/mol. The quantitative estimate of drug-likeness (QED) is 0.613. The van der Waals surface area contributed by atoms with Gasteiger partial charge in [0.1, 0.15) is 0 Å². The van der Waals surface area contributed by atoms with Crippen LogP contribution in [0, 0.1) is 0 Å². The van der Waals surface area contributed by atoms with Crippen LogP contribution in [-0.2, 0) is 0 Å². The summed E-state index contributed by atoms with van der Waals surface area (Å²) < 4.78 is 0. The molecule has 3 rings (SSSR count). The number of H-pyrrole nitrogens is 1. The van der Waals surface area contributed by atoms with Gasteiger partial charge in [-0.15, -0.1) is 0 Å². The number of anilines is 2. The van der Waals surface area contributed by atoms with E-state index in [4.69, 9.17) is 5.73 Å². The van der Waals surface area contributed by atoms with E-state index in [9.17, 15) is 4.79 Å². The molecule has 1 amide bonds. The number of nitrogens with two attached hydrogens (primary N) is 1. The maximum atomic E-state index is 12.1. The number of amides is 1. The number of aromatic nitrogens is 1. The van der Waals surface area contributed by atoms with Crippen molar-refractivity contribution in [1.82, 2.24) is 4.98 Å². The zero-order valence-electron chi connectivity index (χ0n) is 10.2. The Morgan fingerprint density at radius 1 is 1.11 bits per heavy atom. The molecule has 0 spiro atoms. The van der Waals surface area contributed by atoms with Gasteiger partial charge in [0.15, 0.2) is 0 Å². The molecule has 2 aromatic carbocycles. The normalized spacial score (nSPS) is 10.5. The highest BCUT2D eigenvalue weighted by Crippen LogP contribution is 2.23. The fourth-order valence-corrected chi connectivity index (χ4v) is 2.05. The van der Waals surface area contributed by atoms with Crippen LogP contribution in [0.4, 0.5) is 11.4 Å². The molecule has 0 saturated heterocycles. The minimum absolute atomic E-state index is 0.169. The fourth-order valence-electron chi connectivity index (χ4n) is 2.05. The third-order valence-electron chi connectivity index (χ3n) is 2.99. The van der Waals surface area contributed by atoms with Crippen LogP contribution < -0.4 is 11.1 Å². The summed E-state index contributed by atoms with van der Waals surface area (Å²) in [4.78, 5) is 15.2. The van der Waals surface area contributed by atoms with Gasteiger partial charge in [-0.2, -0.15) is 0 Å². The molecule has 94 valence electrons. The van der Waals surface area contributed by atoms with Gasteiger partial charge < -0.3 is 16.0 Å². The van der Waals surface area contributed by atoms with Crippen molar-refractivity contribution < 1.29 is 4.79 Å². The Bertz CT molecular complexity index is 746. The van der Waals surface area contributed by atoms with E-state index in [0.29, 0.717) is 11.3 Å². The monoisotopic (exact) mass is 251 g/mol. The lowest BCUT2D eigenvalue weighted by molar-refractivity contribution is 0.102. The molecule has 0 aliphatic rings. The number of fused-ring (bicyclic) bond motifs is 1. The molecule has 0 bridgehead atoms. The highest BCUT2D eigenvalue weighted by Gasteiger charge is 2.09. The molecule has 0 atom stereocenters. The van der Waals surface area contributed by atoms with E-state index in [-0.39, 0.29) is 5.91 Å². The molecule has 19 heavy (non-hydrogen) atoms. The lowest BCUT2D eigenvalue weighted by Gasteiger charge is -2.04. The summed E-state index contributed by atoms with van der Waals surface area (Å²) in [6.45, 7) is 0. The average molecular weight is 251 g/mol. The van der Waals surface area contributed by atoms with Crippen LogP contribution in [0.25, 0.3) is 10.9 Å². The Kier molecular flexibility index (Phi) is 2.68. The highest BCUT2D eigenvalue weighted by atomic mass is 16.1. The molecule has 4 nitrogen and oxygen atoms in total. The SMILES string of the molecule is Nc1cccc(C(=O)Nc2c[nH]c3ccccc23)c1. The van der Waals surface area contributed by atoms with Gasteiger partial charge in [0.25, 0.3) is 5.91 Å². The number of benzene rings is 2. The zero-order chi connectivity index (χ0) is 13.2. The molecule has 3 aromatic rings. The van der Waals surface area contributed by atoms with Crippen molar-refractivity contribution in [2.24, 2.45) is 0 Å². The number of carbonyl (C=O) groups excluding carboxylic acids is 1. The van der Waals surface area contributed by atoms with Crippen molar-refractivity contribution in [3.05, 3.63) is 60.3 Å². The first-order valence-electron chi connectivity index (χ1n) is 5.97. The van der Waals surface area contributed by atoms with Crippen molar-refractivity contribution in [2.75, 3.05) is 11.1 Å². The van der Waals surface area contributed by atoms with Gasteiger partial charge in [-0.05, 0) is 24.3 Å². The molecule has 4 heteroatoms. The molecule has 0 radical (unpaired) electrons. The number of nitrogen functional groups attached to an aromatic ring is 1. The Morgan fingerprint density at radius 2 is 1.95 bits per heavy atom. The van der Waals surface area contributed by atoms with Crippen LogP contribution in [0.2, 0.25) is 0 Å². The average Bonchev–Trinajstić information content (AvgIpc) is 2.82. The first-order valence-corrected chi connectivity index (χ1v) is 5.97. The Balaban J connectivity index is 1.91. The second kappa shape index (κ2) is 4.49. The molecule has 4 N–H and O–H groups in total. The highest BCUT2D eigenvalue weighted by molar-refractivity contribution is 6.09. The van der Waals surface area contributed by atoms with Crippen LogP contribution in [0.3, 0.4) is 0 Å². The zero-order valence-corrected chi connectivity index (χ0v) is 10.2. The second-order valence-electron chi connectivity index (χ2n) is 4.33. The van der Waals surface area contributed by atoms with Gasteiger partial charge in [0.2, 0.25) is 0 Å². The molecule has 0 saturated carbocycles. The second-order valence-corrected chi connectivity index (χ2v) is 4.33. The standard InChI is InChI=1S/C15H13N3O/c16-11-5-3-4-10(8-11)15(19)18-14-9-17-13-7-2-1-6-12(13)14/h1-9,17H,16H2,(H,18,19). The summed E-state index contributed by atoms with van der Waals surface area (Å²) in [5.41, 5.74) is 8.55. The van der Waals surface area contributed by atoms with Gasteiger partial charge in [-0.3, -0.25) is 4.79 Å². The molecular formula is C15H13N3O. The summed E-state index contributed by atoms with van der Waals surface area (Å²) in [5, 5.41) is 3.87. The number of para-hydroxylation sites is 1. The summed E-state index contributed by atoms with van der Waals surface area (Å²) >= 11 is 0. The van der Waals surface area contributed by atoms with Crippen LogP contribution >= 0.6 is 0 Å². The lowest BCUT2D eigenvalue weighted by atomic mass is 10.2. The van der Waals surface area contributed by atoms with Crippen molar-refractivity contribution >= 4 is 28.2 Å². The Morgan fingerprint density at radius 3 is 2.79 bits per heavy atom. The number of hydrogen-bond donors (Lipinski definition) is 3. The first kappa shape index (κ1) is 11.3. The van der Waals surface area contributed by atoms with Crippen molar-refractivity contribution in [1.29, 1.82) is 0 Å². The number of rotatable bonds is 2. The lowest BCUT2D eigenvalue weighted by Crippen LogP contribution is -2.11. The predicted molar refractivity (Wildman–Crippen MR) is 77.1 cm³/mol. The molecule has 1 aromatic heterocycles. The van der Waals surface area contributed by atoms with Gasteiger partial charge in [-0.1, -0.05) is 24.3 Å². The largest absolute Gasteiger partial charge is 0.399 e. The minimum Gasteiger partial charge on any atom is -0.399 e. The maximum Gasteiger partial charge on any atom is 0.255 e. The maximum absolute atomic E-state index is 12.1. The van der Waals surface area contributed by atoms with E-state index in [1.165, 1.54) is 0 Å². The van der Waals surface area contributed by atoms with E-state index in [1.54, 1.807) is 30.5 Å². The van der Waals surface area contributed by atoms with E-state index < -0.39 is 0 Å². The van der Waals surface area contributed by atoms with Crippen molar-refractivity contribution in [3.8, 4) is 0 Å². The van der Waals surface area contributed by atoms with E-state index >= 15 is 0 Å². The smallest absolute Gasteiger partial charge is 0.255 e. The Hall–Kier alpha value is -2.75. The first-order chi connectivity index (χ1) is 9.24. The van der Waals surface area contributed by atoms with Gasteiger partial charge in [0.05, 0.1) is 5.69 Å². The van der Waals surface area contributed by atoms with Crippen molar-refractivity contribution in [2.45, 2.75) is 0 Å². The van der Waals surface area contributed by atoms with E-state index in [2.05, 4.69) is 10.3 Å². The van der Waals surface area contributed by atoms with Gasteiger partial charge in [0, 0.05) is 28.4 Å². The van der Waals surface area contributed by atoms with Gasteiger partial charge >= 0.3 is 0 Å². The van der Waals surface area contributed by atoms with Crippen molar-refractivity contribution in [3.63, 3.8) is 0 Å². The summed E-state index contributed by atoms with van der Waals surface area (Å²) in [6.07, 6.45) is 1.79. The number of nitrogens with one attached hydrogen (secondary N) is 2.